The van der Waals surface area contributed by atoms with Crippen LogP contribution < -0.4 is 5.32 Å². The molecular formula is C30H36N4O3. The molecule has 2 heterocycles. The number of allylic oxidation sites excluding steroid dienone is 3. The summed E-state index contributed by atoms with van der Waals surface area (Å²) in [6.45, 7) is 6.71. The van der Waals surface area contributed by atoms with Gasteiger partial charge in [-0.25, -0.2) is 9.78 Å². The fourth-order valence-corrected chi connectivity index (χ4v) is 4.28. The van der Waals surface area contributed by atoms with E-state index in [1.54, 1.807) is 36.7 Å². The second-order valence-corrected chi connectivity index (χ2v) is 8.88. The van der Waals surface area contributed by atoms with Crippen LogP contribution in [0.15, 0.2) is 72.6 Å². The molecule has 7 nitrogen and oxygen atoms in total. The molecule has 0 fully saturated rings. The number of carboxylic acids is 1. The second kappa shape index (κ2) is 13.9. The number of amides is 1. The van der Waals surface area contributed by atoms with Crippen molar-refractivity contribution in [2.24, 2.45) is 0 Å². The average Bonchev–Trinajstić information content (AvgIpc) is 3.27. The maximum atomic E-state index is 12.6. The number of carbonyl (C=O) groups is 2. The summed E-state index contributed by atoms with van der Waals surface area (Å²) in [6, 6.07) is 9.24. The Morgan fingerprint density at radius 2 is 2.03 bits per heavy atom. The highest BCUT2D eigenvalue weighted by molar-refractivity contribution is 5.96. The van der Waals surface area contributed by atoms with Gasteiger partial charge in [0.1, 0.15) is 5.82 Å². The molecule has 2 aromatic heterocycles. The molecule has 194 valence electrons. The number of hydrogen-bond donors (Lipinski definition) is 2. The largest absolute Gasteiger partial charge is 0.478 e. The van der Waals surface area contributed by atoms with Gasteiger partial charge in [0.2, 0.25) is 0 Å². The molecular weight excluding hydrogens is 464 g/mol. The molecule has 37 heavy (non-hydrogen) atoms. The Bertz CT molecular complexity index is 1290. The summed E-state index contributed by atoms with van der Waals surface area (Å²) < 4.78 is 2.21. The first kappa shape index (κ1) is 27.6. The van der Waals surface area contributed by atoms with Gasteiger partial charge >= 0.3 is 5.97 Å². The van der Waals surface area contributed by atoms with Crippen LogP contribution in [-0.4, -0.2) is 38.1 Å². The van der Waals surface area contributed by atoms with E-state index in [-0.39, 0.29) is 17.5 Å². The number of carboxylic acid groups (broad SMARTS) is 1. The number of aromatic nitrogens is 3. The summed E-state index contributed by atoms with van der Waals surface area (Å²) in [5, 5.41) is 12.3. The Balaban J connectivity index is 1.76. The summed E-state index contributed by atoms with van der Waals surface area (Å²) in [6.07, 6.45) is 17.6. The van der Waals surface area contributed by atoms with Gasteiger partial charge in [0, 0.05) is 30.6 Å². The molecule has 0 saturated carbocycles. The van der Waals surface area contributed by atoms with Gasteiger partial charge in [0.25, 0.3) is 5.91 Å². The number of unbranched alkanes of at least 4 members (excludes halogenated alkanes) is 1. The zero-order chi connectivity index (χ0) is 26.6. The Hall–Kier alpha value is -4.00. The van der Waals surface area contributed by atoms with E-state index >= 15 is 0 Å². The molecule has 0 aliphatic heterocycles. The molecule has 3 rings (SSSR count). The molecule has 1 unspecified atom stereocenters. The van der Waals surface area contributed by atoms with Crippen molar-refractivity contribution in [3.63, 3.8) is 0 Å². The fraction of sp³-hybridized carbons (Fsp3) is 0.333. The highest BCUT2D eigenvalue weighted by Crippen LogP contribution is 2.28. The van der Waals surface area contributed by atoms with E-state index in [1.807, 2.05) is 43.4 Å². The molecule has 2 N–H and O–H groups in total. The van der Waals surface area contributed by atoms with Crippen LogP contribution in [0.1, 0.15) is 74.2 Å². The van der Waals surface area contributed by atoms with Crippen LogP contribution in [0.2, 0.25) is 0 Å². The third kappa shape index (κ3) is 7.49. The van der Waals surface area contributed by atoms with E-state index in [0.717, 1.165) is 49.0 Å². The van der Waals surface area contributed by atoms with Crippen LogP contribution in [0.25, 0.3) is 17.1 Å². The maximum Gasteiger partial charge on any atom is 0.335 e. The van der Waals surface area contributed by atoms with Crippen molar-refractivity contribution in [1.29, 1.82) is 0 Å². The molecule has 0 bridgehead atoms. The fourth-order valence-electron chi connectivity index (χ4n) is 4.28. The van der Waals surface area contributed by atoms with Gasteiger partial charge in [-0.1, -0.05) is 51.0 Å². The quantitative estimate of drug-likeness (QED) is 0.217. The number of pyridine rings is 1. The summed E-state index contributed by atoms with van der Waals surface area (Å²) in [4.78, 5) is 32.9. The predicted octanol–water partition coefficient (Wildman–Crippen LogP) is 6.15. The van der Waals surface area contributed by atoms with Gasteiger partial charge in [-0.3, -0.25) is 9.78 Å². The number of nitrogens with one attached hydrogen (secondary N) is 1. The van der Waals surface area contributed by atoms with Crippen LogP contribution in [-0.2, 0) is 11.2 Å². The van der Waals surface area contributed by atoms with Gasteiger partial charge in [0.05, 0.1) is 16.6 Å². The molecule has 0 spiro atoms. The SMILES string of the molecule is C\C=C(/C=C\C=C\c1nc2cc(C(=O)O)ccc2n1C(CC)CCCC)C(=O)NCCc1cccnc1. The third-order valence-electron chi connectivity index (χ3n) is 6.32. The summed E-state index contributed by atoms with van der Waals surface area (Å²) in [7, 11) is 0. The van der Waals surface area contributed by atoms with Crippen LogP contribution in [0, 0.1) is 0 Å². The van der Waals surface area contributed by atoms with Crippen molar-refractivity contribution in [2.45, 2.75) is 58.9 Å². The minimum Gasteiger partial charge on any atom is -0.478 e. The van der Waals surface area contributed by atoms with E-state index in [1.165, 1.54) is 0 Å². The number of hydrogen-bond acceptors (Lipinski definition) is 4. The maximum absolute atomic E-state index is 12.6. The zero-order valence-electron chi connectivity index (χ0n) is 21.9. The molecule has 1 amide bonds. The van der Waals surface area contributed by atoms with Crippen molar-refractivity contribution >= 4 is 29.0 Å². The number of nitrogens with zero attached hydrogens (tertiary/aromatic N) is 3. The topological polar surface area (TPSA) is 97.1 Å². The lowest BCUT2D eigenvalue weighted by Crippen LogP contribution is -2.26. The van der Waals surface area contributed by atoms with Crippen molar-refractivity contribution in [3.8, 4) is 0 Å². The van der Waals surface area contributed by atoms with Crippen LogP contribution in [0.5, 0.6) is 0 Å². The highest BCUT2D eigenvalue weighted by atomic mass is 16.4. The van der Waals surface area contributed by atoms with E-state index < -0.39 is 5.97 Å². The molecule has 0 radical (unpaired) electrons. The molecule has 0 aliphatic carbocycles. The lowest BCUT2D eigenvalue weighted by Gasteiger charge is -2.19. The van der Waals surface area contributed by atoms with Gasteiger partial charge < -0.3 is 15.0 Å². The van der Waals surface area contributed by atoms with Crippen LogP contribution in [0.4, 0.5) is 0 Å². The van der Waals surface area contributed by atoms with Crippen LogP contribution in [0.3, 0.4) is 0 Å². The Morgan fingerprint density at radius 1 is 1.19 bits per heavy atom. The van der Waals surface area contributed by atoms with E-state index in [0.29, 0.717) is 17.6 Å². The molecule has 0 saturated heterocycles. The zero-order valence-corrected chi connectivity index (χ0v) is 21.9. The minimum atomic E-state index is -0.966. The van der Waals surface area contributed by atoms with Crippen molar-refractivity contribution in [2.75, 3.05) is 6.54 Å². The van der Waals surface area contributed by atoms with Gasteiger partial charge in [-0.2, -0.15) is 0 Å². The van der Waals surface area contributed by atoms with Gasteiger partial charge in [-0.15, -0.1) is 0 Å². The number of fused-ring (bicyclic) bond motifs is 1. The van der Waals surface area contributed by atoms with Gasteiger partial charge in [-0.05, 0) is 68.2 Å². The first-order valence-electron chi connectivity index (χ1n) is 12.9. The molecule has 3 aromatic rings. The van der Waals surface area contributed by atoms with Crippen molar-refractivity contribution < 1.29 is 14.7 Å². The number of aromatic carboxylic acids is 1. The summed E-state index contributed by atoms with van der Waals surface area (Å²) >= 11 is 0. The molecule has 0 aliphatic rings. The minimum absolute atomic E-state index is 0.130. The first-order chi connectivity index (χ1) is 18.0. The third-order valence-corrected chi connectivity index (χ3v) is 6.32. The second-order valence-electron chi connectivity index (χ2n) is 8.88. The van der Waals surface area contributed by atoms with E-state index in [4.69, 9.17) is 4.98 Å². The highest BCUT2D eigenvalue weighted by Gasteiger charge is 2.17. The number of rotatable bonds is 13. The van der Waals surface area contributed by atoms with Gasteiger partial charge in [0.15, 0.2) is 0 Å². The predicted molar refractivity (Wildman–Crippen MR) is 148 cm³/mol. The van der Waals surface area contributed by atoms with E-state index in [9.17, 15) is 14.7 Å². The van der Waals surface area contributed by atoms with E-state index in [2.05, 4.69) is 28.7 Å². The molecule has 1 aromatic carbocycles. The molecule has 1 atom stereocenters. The Labute approximate surface area is 218 Å². The monoisotopic (exact) mass is 500 g/mol. The first-order valence-corrected chi connectivity index (χ1v) is 12.9. The summed E-state index contributed by atoms with van der Waals surface area (Å²) in [5.41, 5.74) is 3.47. The lowest BCUT2D eigenvalue weighted by molar-refractivity contribution is -0.117. The standard InChI is InChI=1S/C30H36N4O3/c1-4-7-13-25(6-3)34-27-16-15-24(30(36)37)20-26(27)33-28(34)14-9-8-12-23(5-2)29(35)32-19-17-22-11-10-18-31-21-22/h5,8-12,14-16,18,20-21,25H,4,6-7,13,17,19H2,1-3H3,(H,32,35)(H,36,37)/b12-8-,14-9+,23-5+. The number of benzene rings is 1. The van der Waals surface area contributed by atoms with Crippen LogP contribution >= 0.6 is 0 Å². The number of carbonyl (C=O) groups excluding carboxylic acids is 1. The van der Waals surface area contributed by atoms with Crippen molar-refractivity contribution in [3.05, 3.63) is 89.6 Å². The lowest BCUT2D eigenvalue weighted by atomic mass is 10.1. The number of imidazole rings is 1. The average molecular weight is 501 g/mol. The normalized spacial score (nSPS) is 13.0. The summed E-state index contributed by atoms with van der Waals surface area (Å²) in [5.74, 6) is -0.324. The Morgan fingerprint density at radius 3 is 2.70 bits per heavy atom. The smallest absolute Gasteiger partial charge is 0.335 e. The Kier molecular flexibility index (Phi) is 10.4. The van der Waals surface area contributed by atoms with Crippen molar-refractivity contribution in [1.82, 2.24) is 19.9 Å². The molecule has 7 heteroatoms.